The van der Waals surface area contributed by atoms with Crippen molar-refractivity contribution < 1.29 is 30.0 Å². The maximum absolute atomic E-state index is 11.9. The highest BCUT2D eigenvalue weighted by atomic mass is 16.4. The van der Waals surface area contributed by atoms with Crippen LogP contribution in [0.3, 0.4) is 0 Å². The molecule has 0 aliphatic rings. The Morgan fingerprint density at radius 3 is 2.17 bits per heavy atom. The van der Waals surface area contributed by atoms with Crippen LogP contribution >= 0.6 is 0 Å². The van der Waals surface area contributed by atoms with E-state index in [0.717, 1.165) is 38.5 Å². The Morgan fingerprint density at radius 1 is 0.931 bits per heavy atom. The Morgan fingerprint density at radius 2 is 1.59 bits per heavy atom. The first-order chi connectivity index (χ1) is 13.8. The van der Waals surface area contributed by atoms with E-state index in [0.29, 0.717) is 12.8 Å². The number of carboxylic acids is 1. The maximum Gasteiger partial charge on any atom is 0.317 e. The number of aliphatic hydroxyl groups is 3. The van der Waals surface area contributed by atoms with Crippen molar-refractivity contribution in [1.29, 1.82) is 0 Å². The van der Waals surface area contributed by atoms with Crippen molar-refractivity contribution in [3.8, 4) is 0 Å². The summed E-state index contributed by atoms with van der Waals surface area (Å²) in [7, 11) is 0. The standard InChI is InChI=1S/C23H42O6/c1-3-4-5-11-14-20(26)15-12-9-7-6-8-10-13-16-23(19(2)25,22(28)29)17-21(27)18-24/h9,12,20-21,24,26-27H,3-8,10-11,13-18H2,1-2H3,(H,28,29)/t20-,21?,23?/m1/s1. The molecule has 29 heavy (non-hydrogen) atoms. The van der Waals surface area contributed by atoms with Crippen molar-refractivity contribution in [2.75, 3.05) is 6.61 Å². The van der Waals surface area contributed by atoms with Crippen molar-refractivity contribution in [1.82, 2.24) is 0 Å². The highest BCUT2D eigenvalue weighted by Gasteiger charge is 2.44. The first-order valence-electron chi connectivity index (χ1n) is 11.2. The number of Topliss-reactive ketones (excluding diaryl/α,β-unsaturated/α-hetero) is 1. The number of aliphatic carboxylic acids is 1. The summed E-state index contributed by atoms with van der Waals surface area (Å²) in [5.74, 6) is -1.71. The van der Waals surface area contributed by atoms with Gasteiger partial charge in [-0.3, -0.25) is 9.59 Å². The summed E-state index contributed by atoms with van der Waals surface area (Å²) in [5.41, 5.74) is -1.62. The number of allylic oxidation sites excluding steroid dienone is 1. The summed E-state index contributed by atoms with van der Waals surface area (Å²) in [6, 6.07) is 0. The van der Waals surface area contributed by atoms with Crippen LogP contribution in [0.2, 0.25) is 0 Å². The van der Waals surface area contributed by atoms with Gasteiger partial charge in [0.05, 0.1) is 18.8 Å². The molecule has 0 aromatic heterocycles. The molecule has 0 radical (unpaired) electrons. The van der Waals surface area contributed by atoms with Crippen LogP contribution < -0.4 is 0 Å². The van der Waals surface area contributed by atoms with E-state index in [1.165, 1.54) is 26.2 Å². The molecule has 6 nitrogen and oxygen atoms in total. The molecule has 0 aliphatic carbocycles. The van der Waals surface area contributed by atoms with Crippen molar-refractivity contribution in [2.24, 2.45) is 5.41 Å². The Kier molecular flexibility index (Phi) is 15.8. The van der Waals surface area contributed by atoms with Crippen LogP contribution in [0.1, 0.15) is 97.3 Å². The van der Waals surface area contributed by atoms with Crippen LogP contribution in [-0.4, -0.2) is 51.0 Å². The minimum atomic E-state index is -1.62. The first kappa shape index (κ1) is 27.8. The molecule has 0 saturated carbocycles. The van der Waals surface area contributed by atoms with E-state index in [9.17, 15) is 24.9 Å². The first-order valence-corrected chi connectivity index (χ1v) is 11.2. The summed E-state index contributed by atoms with van der Waals surface area (Å²) < 4.78 is 0. The number of carbonyl (C=O) groups excluding carboxylic acids is 1. The third-order valence-electron chi connectivity index (χ3n) is 5.57. The molecule has 0 bridgehead atoms. The normalized spacial score (nSPS) is 15.9. The molecule has 4 N–H and O–H groups in total. The topological polar surface area (TPSA) is 115 Å². The smallest absolute Gasteiger partial charge is 0.317 e. The third-order valence-corrected chi connectivity index (χ3v) is 5.57. The average molecular weight is 415 g/mol. The lowest BCUT2D eigenvalue weighted by molar-refractivity contribution is -0.157. The highest BCUT2D eigenvalue weighted by Crippen LogP contribution is 2.32. The van der Waals surface area contributed by atoms with Gasteiger partial charge < -0.3 is 20.4 Å². The molecule has 0 amide bonds. The van der Waals surface area contributed by atoms with E-state index in [4.69, 9.17) is 5.11 Å². The Labute approximate surface area is 176 Å². The van der Waals surface area contributed by atoms with E-state index in [1.54, 1.807) is 0 Å². The molecule has 6 heteroatoms. The van der Waals surface area contributed by atoms with E-state index in [1.807, 2.05) is 6.08 Å². The molecule has 0 saturated heterocycles. The number of hydrogen-bond acceptors (Lipinski definition) is 5. The molecule has 0 spiro atoms. The second-order valence-electron chi connectivity index (χ2n) is 8.15. The minimum Gasteiger partial charge on any atom is -0.480 e. The van der Waals surface area contributed by atoms with Crippen molar-refractivity contribution in [2.45, 2.75) is 110 Å². The van der Waals surface area contributed by atoms with E-state index in [2.05, 4.69) is 13.0 Å². The van der Waals surface area contributed by atoms with E-state index >= 15 is 0 Å². The van der Waals surface area contributed by atoms with Crippen LogP contribution in [0.15, 0.2) is 12.2 Å². The van der Waals surface area contributed by atoms with Gasteiger partial charge in [0.25, 0.3) is 0 Å². The van der Waals surface area contributed by atoms with Crippen molar-refractivity contribution in [3.63, 3.8) is 0 Å². The van der Waals surface area contributed by atoms with Crippen LogP contribution in [0.4, 0.5) is 0 Å². The second-order valence-corrected chi connectivity index (χ2v) is 8.15. The van der Waals surface area contributed by atoms with Gasteiger partial charge in [-0.25, -0.2) is 0 Å². The Bertz CT molecular complexity index is 460. The summed E-state index contributed by atoms with van der Waals surface area (Å²) in [6.45, 7) is 2.86. The number of aliphatic hydroxyl groups excluding tert-OH is 3. The molecular formula is C23H42O6. The number of ketones is 1. The fourth-order valence-electron chi connectivity index (χ4n) is 3.57. The van der Waals surface area contributed by atoms with E-state index in [-0.39, 0.29) is 18.9 Å². The zero-order valence-corrected chi connectivity index (χ0v) is 18.3. The quantitative estimate of drug-likeness (QED) is 0.144. The maximum atomic E-state index is 11.9. The van der Waals surface area contributed by atoms with Gasteiger partial charge in [0, 0.05) is 0 Å². The zero-order chi connectivity index (χ0) is 22.1. The number of carbonyl (C=O) groups is 2. The van der Waals surface area contributed by atoms with Gasteiger partial charge in [-0.05, 0) is 45.4 Å². The molecule has 0 aromatic rings. The Hall–Kier alpha value is -1.24. The van der Waals surface area contributed by atoms with Crippen molar-refractivity contribution >= 4 is 11.8 Å². The SMILES string of the molecule is CCCCCC[C@@H](O)CC=CCCCCCCC(CC(O)CO)(C(C)=O)C(=O)O. The summed E-state index contributed by atoms with van der Waals surface area (Å²) in [6.07, 6.45) is 13.0. The predicted molar refractivity (Wildman–Crippen MR) is 115 cm³/mol. The summed E-state index contributed by atoms with van der Waals surface area (Å²) in [5, 5.41) is 38.1. The fourth-order valence-corrected chi connectivity index (χ4v) is 3.57. The van der Waals surface area contributed by atoms with Crippen LogP contribution in [0.5, 0.6) is 0 Å². The van der Waals surface area contributed by atoms with Gasteiger partial charge in [-0.2, -0.15) is 0 Å². The molecular weight excluding hydrogens is 372 g/mol. The molecule has 0 rings (SSSR count). The molecule has 0 aromatic carbocycles. The lowest BCUT2D eigenvalue weighted by Gasteiger charge is -2.28. The van der Waals surface area contributed by atoms with E-state index < -0.39 is 29.9 Å². The second kappa shape index (κ2) is 16.5. The monoisotopic (exact) mass is 414 g/mol. The summed E-state index contributed by atoms with van der Waals surface area (Å²) >= 11 is 0. The summed E-state index contributed by atoms with van der Waals surface area (Å²) in [4.78, 5) is 23.6. The fraction of sp³-hybridized carbons (Fsp3) is 0.826. The number of hydrogen-bond donors (Lipinski definition) is 4. The van der Waals surface area contributed by atoms with Gasteiger partial charge >= 0.3 is 5.97 Å². The van der Waals surface area contributed by atoms with Crippen LogP contribution in [-0.2, 0) is 9.59 Å². The molecule has 0 aliphatic heterocycles. The Balaban J connectivity index is 4.05. The van der Waals surface area contributed by atoms with Crippen LogP contribution in [0, 0.1) is 5.41 Å². The average Bonchev–Trinajstić information content (AvgIpc) is 2.68. The third kappa shape index (κ3) is 12.1. The zero-order valence-electron chi connectivity index (χ0n) is 18.3. The van der Waals surface area contributed by atoms with Crippen molar-refractivity contribution in [3.05, 3.63) is 12.2 Å². The molecule has 2 unspecified atom stereocenters. The number of rotatable bonds is 19. The molecule has 170 valence electrons. The van der Waals surface area contributed by atoms with Gasteiger partial charge in [-0.1, -0.05) is 64.0 Å². The molecule has 0 fully saturated rings. The lowest BCUT2D eigenvalue weighted by atomic mass is 9.74. The highest BCUT2D eigenvalue weighted by molar-refractivity contribution is 6.01. The van der Waals surface area contributed by atoms with Gasteiger partial charge in [-0.15, -0.1) is 0 Å². The predicted octanol–water partition coefficient (Wildman–Crippen LogP) is 4.01. The van der Waals surface area contributed by atoms with Gasteiger partial charge in [0.15, 0.2) is 0 Å². The number of unbranched alkanes of at least 4 members (excludes halogenated alkanes) is 7. The molecule has 0 heterocycles. The van der Waals surface area contributed by atoms with Crippen LogP contribution in [0.25, 0.3) is 0 Å². The van der Waals surface area contributed by atoms with Gasteiger partial charge in [0.2, 0.25) is 0 Å². The minimum absolute atomic E-state index is 0.175. The van der Waals surface area contributed by atoms with Gasteiger partial charge in [0.1, 0.15) is 11.2 Å². The number of carboxylic acid groups (broad SMARTS) is 1. The molecule has 3 atom stereocenters. The largest absolute Gasteiger partial charge is 0.480 e. The lowest BCUT2D eigenvalue weighted by Crippen LogP contribution is -2.41.